The topological polar surface area (TPSA) is 75.9 Å². The van der Waals surface area contributed by atoms with Gasteiger partial charge in [0.25, 0.3) is 0 Å². The molecule has 0 atom stereocenters. The maximum absolute atomic E-state index is 12.2. The zero-order chi connectivity index (χ0) is 19.0. The molecule has 142 valence electrons. The van der Waals surface area contributed by atoms with Gasteiger partial charge < -0.3 is 14.5 Å². The molecule has 1 aliphatic rings. The third kappa shape index (κ3) is 3.59. The van der Waals surface area contributed by atoms with Crippen LogP contribution < -0.4 is 4.90 Å². The van der Waals surface area contributed by atoms with Crippen molar-refractivity contribution in [1.82, 2.24) is 24.5 Å². The summed E-state index contributed by atoms with van der Waals surface area (Å²) in [7, 11) is 0. The summed E-state index contributed by atoms with van der Waals surface area (Å²) in [6.07, 6.45) is 3.13. The monoisotopic (exact) mass is 386 g/mol. The molecule has 0 spiro atoms. The number of thiophene rings is 1. The Balaban J connectivity index is 1.53. The zero-order valence-electron chi connectivity index (χ0n) is 15.6. The lowest BCUT2D eigenvalue weighted by atomic mass is 10.2. The van der Waals surface area contributed by atoms with Gasteiger partial charge in [-0.05, 0) is 32.2 Å². The van der Waals surface area contributed by atoms with Crippen LogP contribution in [-0.2, 0) is 4.74 Å². The van der Waals surface area contributed by atoms with Crippen LogP contribution in [0, 0.1) is 0 Å². The van der Waals surface area contributed by atoms with E-state index in [2.05, 4.69) is 26.0 Å². The number of amides is 1. The minimum Gasteiger partial charge on any atom is -0.444 e. The van der Waals surface area contributed by atoms with E-state index in [9.17, 15) is 4.79 Å². The van der Waals surface area contributed by atoms with Crippen molar-refractivity contribution in [3.63, 3.8) is 0 Å². The second-order valence-corrected chi connectivity index (χ2v) is 8.35. The lowest BCUT2D eigenvalue weighted by molar-refractivity contribution is 0.0240. The van der Waals surface area contributed by atoms with E-state index >= 15 is 0 Å². The summed E-state index contributed by atoms with van der Waals surface area (Å²) >= 11 is 1.65. The highest BCUT2D eigenvalue weighted by Gasteiger charge is 2.27. The number of carbonyl (C=O) groups is 1. The number of anilines is 1. The fourth-order valence-corrected chi connectivity index (χ4v) is 3.77. The Morgan fingerprint density at radius 2 is 1.96 bits per heavy atom. The van der Waals surface area contributed by atoms with Crippen LogP contribution in [0.15, 0.2) is 30.0 Å². The van der Waals surface area contributed by atoms with Crippen LogP contribution in [0.25, 0.3) is 16.1 Å². The van der Waals surface area contributed by atoms with E-state index in [1.54, 1.807) is 27.1 Å². The van der Waals surface area contributed by atoms with Crippen LogP contribution in [0.1, 0.15) is 20.8 Å². The molecule has 9 heteroatoms. The number of piperazine rings is 1. The molecule has 4 heterocycles. The number of hydrogen-bond donors (Lipinski definition) is 0. The summed E-state index contributed by atoms with van der Waals surface area (Å²) in [5.41, 5.74) is 1.27. The number of rotatable bonds is 2. The van der Waals surface area contributed by atoms with Crippen molar-refractivity contribution in [2.45, 2.75) is 26.4 Å². The van der Waals surface area contributed by atoms with Crippen LogP contribution in [0.3, 0.4) is 0 Å². The third-order valence-corrected chi connectivity index (χ3v) is 5.19. The summed E-state index contributed by atoms with van der Waals surface area (Å²) in [4.78, 5) is 26.3. The molecule has 3 aromatic rings. The van der Waals surface area contributed by atoms with Gasteiger partial charge in [0.1, 0.15) is 11.9 Å². The lowest BCUT2D eigenvalue weighted by Gasteiger charge is -2.36. The van der Waals surface area contributed by atoms with E-state index in [0.717, 1.165) is 22.0 Å². The Bertz CT molecular complexity index is 939. The Hall–Kier alpha value is -2.68. The van der Waals surface area contributed by atoms with Gasteiger partial charge >= 0.3 is 6.09 Å². The molecule has 3 aromatic heterocycles. The molecular weight excluding hydrogens is 364 g/mol. The van der Waals surface area contributed by atoms with E-state index in [0.29, 0.717) is 26.2 Å². The van der Waals surface area contributed by atoms with Crippen molar-refractivity contribution in [3.05, 3.63) is 30.0 Å². The quantitative estimate of drug-likeness (QED) is 0.674. The molecule has 0 unspecified atom stereocenters. The van der Waals surface area contributed by atoms with Crippen LogP contribution in [-0.4, -0.2) is 62.4 Å². The second-order valence-electron chi connectivity index (χ2n) is 7.40. The number of carbonyl (C=O) groups excluding carboxylic acids is 1. The molecule has 27 heavy (non-hydrogen) atoms. The van der Waals surface area contributed by atoms with E-state index < -0.39 is 5.60 Å². The van der Waals surface area contributed by atoms with Gasteiger partial charge in [0.2, 0.25) is 5.95 Å². The molecule has 1 fully saturated rings. The molecule has 1 aliphatic heterocycles. The Labute approximate surface area is 161 Å². The first-order chi connectivity index (χ1) is 12.9. The third-order valence-electron chi connectivity index (χ3n) is 4.29. The van der Waals surface area contributed by atoms with E-state index in [-0.39, 0.29) is 6.09 Å². The highest BCUT2D eigenvalue weighted by Crippen LogP contribution is 2.29. The molecule has 0 radical (unpaired) electrons. The molecular formula is C18H22N6O2S. The highest BCUT2D eigenvalue weighted by molar-refractivity contribution is 7.13. The van der Waals surface area contributed by atoms with Crippen molar-refractivity contribution in [2.75, 3.05) is 31.1 Å². The van der Waals surface area contributed by atoms with Gasteiger partial charge in [-0.15, -0.1) is 11.3 Å². The number of fused-ring (bicyclic) bond motifs is 1. The van der Waals surface area contributed by atoms with Crippen LogP contribution in [0.4, 0.5) is 10.7 Å². The molecule has 1 amide bonds. The first-order valence-corrected chi connectivity index (χ1v) is 9.76. The SMILES string of the molecule is CC(C)(C)OC(=O)N1CCN(c2ncc(-c3cccs3)c3ncnn23)CC1. The molecule has 0 aliphatic carbocycles. The van der Waals surface area contributed by atoms with Crippen molar-refractivity contribution < 1.29 is 9.53 Å². The fraction of sp³-hybridized carbons (Fsp3) is 0.444. The average molecular weight is 386 g/mol. The minimum atomic E-state index is -0.486. The first kappa shape index (κ1) is 17.7. The van der Waals surface area contributed by atoms with Gasteiger partial charge in [-0.2, -0.15) is 9.61 Å². The summed E-state index contributed by atoms with van der Waals surface area (Å²) in [6, 6.07) is 4.06. The molecule has 4 rings (SSSR count). The standard InChI is InChI=1S/C18H22N6O2S/c1-18(2,3)26-17(25)23-8-6-22(7-9-23)16-19-11-13(14-5-4-10-27-14)15-20-12-21-24(15)16/h4-5,10-12H,6-9H2,1-3H3. The van der Waals surface area contributed by atoms with Crippen molar-refractivity contribution in [1.29, 1.82) is 0 Å². The Morgan fingerprint density at radius 3 is 2.63 bits per heavy atom. The smallest absolute Gasteiger partial charge is 0.410 e. The first-order valence-electron chi connectivity index (χ1n) is 8.88. The number of ether oxygens (including phenoxy) is 1. The summed E-state index contributed by atoms with van der Waals surface area (Å²) in [5, 5.41) is 6.40. The predicted octanol–water partition coefficient (Wildman–Crippen LogP) is 2.91. The maximum Gasteiger partial charge on any atom is 0.410 e. The van der Waals surface area contributed by atoms with E-state index in [4.69, 9.17) is 4.74 Å². The number of nitrogens with zero attached hydrogens (tertiary/aromatic N) is 6. The number of aromatic nitrogens is 4. The minimum absolute atomic E-state index is 0.269. The molecule has 1 saturated heterocycles. The number of hydrogen-bond acceptors (Lipinski definition) is 7. The normalized spacial score (nSPS) is 15.4. The zero-order valence-corrected chi connectivity index (χ0v) is 16.4. The van der Waals surface area contributed by atoms with Gasteiger partial charge in [-0.1, -0.05) is 6.07 Å². The molecule has 0 saturated carbocycles. The summed E-state index contributed by atoms with van der Waals surface area (Å²) in [5.74, 6) is 0.742. The second kappa shape index (κ2) is 6.80. The Morgan fingerprint density at radius 1 is 1.19 bits per heavy atom. The lowest BCUT2D eigenvalue weighted by Crippen LogP contribution is -2.50. The van der Waals surface area contributed by atoms with Gasteiger partial charge in [0, 0.05) is 37.3 Å². The summed E-state index contributed by atoms with van der Waals surface area (Å²) in [6.45, 7) is 8.13. The van der Waals surface area contributed by atoms with Gasteiger partial charge in [-0.3, -0.25) is 0 Å². The fourth-order valence-electron chi connectivity index (χ4n) is 3.04. The van der Waals surface area contributed by atoms with Crippen molar-refractivity contribution >= 4 is 29.0 Å². The maximum atomic E-state index is 12.2. The van der Waals surface area contributed by atoms with Crippen LogP contribution >= 0.6 is 11.3 Å². The average Bonchev–Trinajstić information content (AvgIpc) is 3.31. The van der Waals surface area contributed by atoms with Crippen molar-refractivity contribution in [2.24, 2.45) is 0 Å². The predicted molar refractivity (Wildman–Crippen MR) is 104 cm³/mol. The van der Waals surface area contributed by atoms with Gasteiger partial charge in [-0.25, -0.2) is 14.8 Å². The van der Waals surface area contributed by atoms with Crippen LogP contribution in [0.2, 0.25) is 0 Å². The van der Waals surface area contributed by atoms with E-state index in [1.807, 2.05) is 38.4 Å². The molecule has 8 nitrogen and oxygen atoms in total. The largest absolute Gasteiger partial charge is 0.444 e. The van der Waals surface area contributed by atoms with E-state index in [1.165, 1.54) is 0 Å². The van der Waals surface area contributed by atoms with Crippen molar-refractivity contribution in [3.8, 4) is 10.4 Å². The molecule has 0 N–H and O–H groups in total. The molecule has 0 aromatic carbocycles. The molecule has 0 bridgehead atoms. The van der Waals surface area contributed by atoms with Gasteiger partial charge in [0.05, 0.1) is 5.56 Å². The summed E-state index contributed by atoms with van der Waals surface area (Å²) < 4.78 is 7.24. The van der Waals surface area contributed by atoms with Gasteiger partial charge in [0.15, 0.2) is 5.65 Å². The Kier molecular flexibility index (Phi) is 4.47. The van der Waals surface area contributed by atoms with Crippen LogP contribution in [0.5, 0.6) is 0 Å². The highest BCUT2D eigenvalue weighted by atomic mass is 32.1.